The van der Waals surface area contributed by atoms with Crippen LogP contribution in [0, 0.1) is 0 Å². The van der Waals surface area contributed by atoms with Gasteiger partial charge in [-0.3, -0.25) is 4.79 Å². The molecule has 26 heavy (non-hydrogen) atoms. The number of methoxy groups -OCH3 is 1. The van der Waals surface area contributed by atoms with Crippen LogP contribution in [-0.4, -0.2) is 38.9 Å². The van der Waals surface area contributed by atoms with Gasteiger partial charge < -0.3 is 23.7 Å². The predicted molar refractivity (Wildman–Crippen MR) is 93.4 cm³/mol. The van der Waals surface area contributed by atoms with Crippen molar-refractivity contribution in [3.8, 4) is 11.5 Å². The van der Waals surface area contributed by atoms with Crippen molar-refractivity contribution in [2.24, 2.45) is 0 Å². The normalized spacial score (nSPS) is 25.9. The Bertz CT molecular complexity index is 747. The van der Waals surface area contributed by atoms with Gasteiger partial charge in [-0.25, -0.2) is 0 Å². The molecule has 2 spiro atoms. The lowest BCUT2D eigenvalue weighted by Gasteiger charge is -2.34. The van der Waals surface area contributed by atoms with Gasteiger partial charge in [0, 0.05) is 24.7 Å². The van der Waals surface area contributed by atoms with Gasteiger partial charge in [0.05, 0.1) is 13.2 Å². The SMILES string of the molecule is COCOc1c(C(C)C)ccc2c1OC(=O)[C@]21C=CC2(CC1)OCCO2. The molecule has 1 aromatic carbocycles. The Hall–Kier alpha value is -1.89. The second kappa shape index (κ2) is 6.37. The third-order valence-corrected chi connectivity index (χ3v) is 5.39. The monoisotopic (exact) mass is 360 g/mol. The molecule has 2 heterocycles. The average molecular weight is 360 g/mol. The Labute approximate surface area is 153 Å². The van der Waals surface area contributed by atoms with Crippen LogP contribution in [0.2, 0.25) is 0 Å². The molecule has 0 amide bonds. The van der Waals surface area contributed by atoms with E-state index in [1.807, 2.05) is 24.3 Å². The molecule has 6 heteroatoms. The molecule has 0 saturated carbocycles. The summed E-state index contributed by atoms with van der Waals surface area (Å²) in [5.41, 5.74) is 1.02. The minimum absolute atomic E-state index is 0.0986. The Balaban J connectivity index is 1.77. The number of rotatable bonds is 4. The summed E-state index contributed by atoms with van der Waals surface area (Å²) < 4.78 is 28.0. The molecule has 0 bridgehead atoms. The summed E-state index contributed by atoms with van der Waals surface area (Å²) in [6.07, 6.45) is 4.93. The van der Waals surface area contributed by atoms with Crippen LogP contribution in [0.15, 0.2) is 24.3 Å². The van der Waals surface area contributed by atoms with Crippen LogP contribution in [0.4, 0.5) is 0 Å². The largest absolute Gasteiger partial charge is 0.463 e. The first-order valence-electron chi connectivity index (χ1n) is 9.01. The highest BCUT2D eigenvalue weighted by molar-refractivity contribution is 5.94. The highest BCUT2D eigenvalue weighted by Gasteiger charge is 2.53. The molecule has 1 aliphatic carbocycles. The number of ether oxygens (including phenoxy) is 5. The van der Waals surface area contributed by atoms with Crippen LogP contribution in [0.25, 0.3) is 0 Å². The second-order valence-electron chi connectivity index (χ2n) is 7.27. The maximum absolute atomic E-state index is 12.9. The third-order valence-electron chi connectivity index (χ3n) is 5.39. The summed E-state index contributed by atoms with van der Waals surface area (Å²) in [7, 11) is 1.57. The van der Waals surface area contributed by atoms with E-state index in [1.54, 1.807) is 7.11 Å². The maximum atomic E-state index is 12.9. The molecular weight excluding hydrogens is 336 g/mol. The zero-order valence-corrected chi connectivity index (χ0v) is 15.4. The molecule has 2 aliphatic heterocycles. The average Bonchev–Trinajstić information content (AvgIpc) is 3.19. The first-order chi connectivity index (χ1) is 12.5. The highest BCUT2D eigenvalue weighted by Crippen LogP contribution is 2.53. The molecule has 1 aromatic rings. The van der Waals surface area contributed by atoms with Crippen molar-refractivity contribution >= 4 is 5.97 Å². The zero-order valence-electron chi connectivity index (χ0n) is 15.4. The molecule has 0 N–H and O–H groups in total. The number of fused-ring (bicyclic) bond motifs is 2. The minimum Gasteiger partial charge on any atom is -0.463 e. The summed E-state index contributed by atoms with van der Waals surface area (Å²) in [6, 6.07) is 3.99. The van der Waals surface area contributed by atoms with E-state index in [4.69, 9.17) is 23.7 Å². The summed E-state index contributed by atoms with van der Waals surface area (Å²) >= 11 is 0. The number of esters is 1. The fourth-order valence-corrected chi connectivity index (χ4v) is 3.96. The number of hydrogen-bond donors (Lipinski definition) is 0. The maximum Gasteiger partial charge on any atom is 0.326 e. The van der Waals surface area contributed by atoms with E-state index in [-0.39, 0.29) is 18.7 Å². The van der Waals surface area contributed by atoms with Crippen molar-refractivity contribution in [3.05, 3.63) is 35.4 Å². The van der Waals surface area contributed by atoms with Crippen molar-refractivity contribution in [1.82, 2.24) is 0 Å². The van der Waals surface area contributed by atoms with Gasteiger partial charge in [0.1, 0.15) is 5.41 Å². The first-order valence-corrected chi connectivity index (χ1v) is 9.01. The van der Waals surface area contributed by atoms with Crippen LogP contribution in [-0.2, 0) is 24.4 Å². The van der Waals surface area contributed by atoms with E-state index in [9.17, 15) is 4.79 Å². The molecule has 1 fully saturated rings. The van der Waals surface area contributed by atoms with Crippen molar-refractivity contribution < 1.29 is 28.5 Å². The Kier molecular flexibility index (Phi) is 4.29. The fraction of sp³-hybridized carbons (Fsp3) is 0.550. The van der Waals surface area contributed by atoms with Gasteiger partial charge in [-0.1, -0.05) is 32.1 Å². The van der Waals surface area contributed by atoms with Crippen molar-refractivity contribution in [2.75, 3.05) is 27.1 Å². The van der Waals surface area contributed by atoms with E-state index in [1.165, 1.54) is 0 Å². The van der Waals surface area contributed by atoms with Gasteiger partial charge in [0.2, 0.25) is 0 Å². The van der Waals surface area contributed by atoms with Gasteiger partial charge >= 0.3 is 5.97 Å². The predicted octanol–water partition coefficient (Wildman–Crippen LogP) is 3.04. The lowest BCUT2D eigenvalue weighted by molar-refractivity contribution is -0.144. The highest BCUT2D eigenvalue weighted by atomic mass is 16.7. The van der Waals surface area contributed by atoms with Crippen LogP contribution in [0.3, 0.4) is 0 Å². The Morgan fingerprint density at radius 2 is 1.92 bits per heavy atom. The van der Waals surface area contributed by atoms with Crippen molar-refractivity contribution in [1.29, 1.82) is 0 Å². The molecule has 1 saturated heterocycles. The molecule has 0 unspecified atom stereocenters. The van der Waals surface area contributed by atoms with Gasteiger partial charge in [-0.15, -0.1) is 0 Å². The molecule has 3 aliphatic rings. The van der Waals surface area contributed by atoms with Crippen LogP contribution in [0.5, 0.6) is 11.5 Å². The van der Waals surface area contributed by atoms with Gasteiger partial charge in [-0.05, 0) is 18.4 Å². The summed E-state index contributed by atoms with van der Waals surface area (Å²) in [6.45, 7) is 5.40. The molecule has 0 radical (unpaired) electrons. The zero-order chi connectivity index (χ0) is 18.4. The quantitative estimate of drug-likeness (QED) is 0.356. The number of carbonyl (C=O) groups is 1. The smallest absolute Gasteiger partial charge is 0.326 e. The second-order valence-corrected chi connectivity index (χ2v) is 7.27. The molecule has 1 atom stereocenters. The van der Waals surface area contributed by atoms with Gasteiger partial charge in [0.15, 0.2) is 24.1 Å². The van der Waals surface area contributed by atoms with Gasteiger partial charge in [0.25, 0.3) is 0 Å². The summed E-state index contributed by atoms with van der Waals surface area (Å²) in [5, 5.41) is 0. The van der Waals surface area contributed by atoms with E-state index in [0.717, 1.165) is 11.1 Å². The minimum atomic E-state index is -0.809. The van der Waals surface area contributed by atoms with Crippen molar-refractivity contribution in [2.45, 2.75) is 43.8 Å². The fourth-order valence-electron chi connectivity index (χ4n) is 3.96. The third kappa shape index (κ3) is 2.55. The lowest BCUT2D eigenvalue weighted by atomic mass is 9.72. The first kappa shape index (κ1) is 17.5. The van der Waals surface area contributed by atoms with Crippen LogP contribution >= 0.6 is 0 Å². The molecule has 4 rings (SSSR count). The van der Waals surface area contributed by atoms with Crippen molar-refractivity contribution in [3.63, 3.8) is 0 Å². The standard InChI is InChI=1S/C20H24O6/c1-13(2)14-4-5-15-17(16(14)23-12-22-3)26-18(21)19(15)6-8-20(9-7-19)24-10-11-25-20/h4-6,8,13H,7,9-12H2,1-3H3/t19-/m0/s1. The van der Waals surface area contributed by atoms with E-state index < -0.39 is 11.2 Å². The Morgan fingerprint density at radius 3 is 2.54 bits per heavy atom. The van der Waals surface area contributed by atoms with E-state index >= 15 is 0 Å². The number of benzene rings is 1. The van der Waals surface area contributed by atoms with Crippen LogP contribution in [0.1, 0.15) is 43.7 Å². The summed E-state index contributed by atoms with van der Waals surface area (Å²) in [5.74, 6) is 0.355. The number of hydrogen-bond acceptors (Lipinski definition) is 6. The molecule has 6 nitrogen and oxygen atoms in total. The lowest BCUT2D eigenvalue weighted by Crippen LogP contribution is -2.41. The topological polar surface area (TPSA) is 63.2 Å². The molecular formula is C20H24O6. The number of carbonyl (C=O) groups excluding carboxylic acids is 1. The Morgan fingerprint density at radius 1 is 1.15 bits per heavy atom. The van der Waals surface area contributed by atoms with Gasteiger partial charge in [-0.2, -0.15) is 0 Å². The van der Waals surface area contributed by atoms with Crippen LogP contribution < -0.4 is 9.47 Å². The molecule has 0 aromatic heterocycles. The van der Waals surface area contributed by atoms with E-state index in [0.29, 0.717) is 37.6 Å². The summed E-state index contributed by atoms with van der Waals surface area (Å²) in [4.78, 5) is 12.9. The van der Waals surface area contributed by atoms with E-state index in [2.05, 4.69) is 13.8 Å². The molecule has 140 valence electrons.